The van der Waals surface area contributed by atoms with Crippen molar-refractivity contribution in [2.24, 2.45) is 0 Å². The molecule has 0 aliphatic heterocycles. The average molecular weight is 360 g/mol. The lowest BCUT2D eigenvalue weighted by Crippen LogP contribution is -2.22. The van der Waals surface area contributed by atoms with Gasteiger partial charge in [0, 0.05) is 27.1 Å². The standard InChI is InChI=1S/C18H14ClNO3S/c1-11(24-15-6-3-13(19)4-7-15)18(22)20-14-5-8-16-12(10-14)2-9-17(21)23-16/h2-11H,1H3,(H,20,22). The van der Waals surface area contributed by atoms with Crippen molar-refractivity contribution in [3.05, 3.63) is 70.0 Å². The third-order valence-corrected chi connectivity index (χ3v) is 4.75. The molecule has 0 radical (unpaired) electrons. The van der Waals surface area contributed by atoms with Crippen molar-refractivity contribution in [2.75, 3.05) is 5.32 Å². The van der Waals surface area contributed by atoms with Gasteiger partial charge in [-0.15, -0.1) is 11.8 Å². The Balaban J connectivity index is 1.70. The van der Waals surface area contributed by atoms with Crippen LogP contribution in [0.4, 0.5) is 5.69 Å². The zero-order chi connectivity index (χ0) is 17.1. The summed E-state index contributed by atoms with van der Waals surface area (Å²) in [6, 6.07) is 15.5. The smallest absolute Gasteiger partial charge is 0.336 e. The van der Waals surface area contributed by atoms with Crippen LogP contribution in [0.25, 0.3) is 11.0 Å². The number of fused-ring (bicyclic) bond motifs is 1. The van der Waals surface area contributed by atoms with E-state index in [0.29, 0.717) is 16.3 Å². The van der Waals surface area contributed by atoms with Crippen molar-refractivity contribution in [1.29, 1.82) is 0 Å². The van der Waals surface area contributed by atoms with Gasteiger partial charge < -0.3 is 9.73 Å². The van der Waals surface area contributed by atoms with E-state index in [4.69, 9.17) is 16.0 Å². The van der Waals surface area contributed by atoms with Crippen molar-refractivity contribution < 1.29 is 9.21 Å². The van der Waals surface area contributed by atoms with E-state index in [0.717, 1.165) is 10.3 Å². The summed E-state index contributed by atoms with van der Waals surface area (Å²) in [6.45, 7) is 1.84. The van der Waals surface area contributed by atoms with Crippen molar-refractivity contribution >= 4 is 45.9 Å². The predicted octanol–water partition coefficient (Wildman–Crippen LogP) is 4.57. The summed E-state index contributed by atoms with van der Waals surface area (Å²) < 4.78 is 5.07. The van der Waals surface area contributed by atoms with Crippen LogP contribution < -0.4 is 10.9 Å². The van der Waals surface area contributed by atoms with Gasteiger partial charge in [-0.2, -0.15) is 0 Å². The fraction of sp³-hybridized carbons (Fsp3) is 0.111. The summed E-state index contributed by atoms with van der Waals surface area (Å²) in [5.74, 6) is -0.105. The van der Waals surface area contributed by atoms with E-state index in [2.05, 4.69) is 5.32 Å². The Bertz CT molecular complexity index is 937. The second-order valence-corrected chi connectivity index (χ2v) is 7.06. The van der Waals surface area contributed by atoms with E-state index >= 15 is 0 Å². The Labute approximate surface area is 147 Å². The van der Waals surface area contributed by atoms with Gasteiger partial charge in [0.15, 0.2) is 0 Å². The molecule has 0 aliphatic rings. The Hall–Kier alpha value is -2.24. The number of thioether (sulfide) groups is 1. The lowest BCUT2D eigenvalue weighted by Gasteiger charge is -2.12. The molecule has 122 valence electrons. The molecule has 1 atom stereocenters. The van der Waals surface area contributed by atoms with E-state index in [-0.39, 0.29) is 11.2 Å². The van der Waals surface area contributed by atoms with Crippen LogP contribution in [0, 0.1) is 0 Å². The minimum Gasteiger partial charge on any atom is -0.423 e. The first-order chi connectivity index (χ1) is 11.5. The number of rotatable bonds is 4. The molecule has 6 heteroatoms. The molecule has 1 aromatic heterocycles. The number of carbonyl (C=O) groups excluding carboxylic acids is 1. The van der Waals surface area contributed by atoms with Gasteiger partial charge in [-0.3, -0.25) is 4.79 Å². The van der Waals surface area contributed by atoms with E-state index in [1.807, 2.05) is 19.1 Å². The SMILES string of the molecule is CC(Sc1ccc(Cl)cc1)C(=O)Nc1ccc2oc(=O)ccc2c1. The van der Waals surface area contributed by atoms with Crippen molar-refractivity contribution in [3.63, 3.8) is 0 Å². The van der Waals surface area contributed by atoms with Gasteiger partial charge >= 0.3 is 5.63 Å². The van der Waals surface area contributed by atoms with Gasteiger partial charge in [0.05, 0.1) is 5.25 Å². The number of carbonyl (C=O) groups is 1. The second kappa shape index (κ2) is 7.11. The fourth-order valence-corrected chi connectivity index (χ4v) is 3.16. The summed E-state index contributed by atoms with van der Waals surface area (Å²) in [5, 5.41) is 4.03. The molecule has 1 N–H and O–H groups in total. The van der Waals surface area contributed by atoms with Crippen molar-refractivity contribution in [2.45, 2.75) is 17.1 Å². The molecule has 3 aromatic rings. The summed E-state index contributed by atoms with van der Waals surface area (Å²) in [6.07, 6.45) is 0. The molecule has 1 heterocycles. The topological polar surface area (TPSA) is 59.3 Å². The van der Waals surface area contributed by atoms with E-state index in [9.17, 15) is 9.59 Å². The Morgan fingerprint density at radius 2 is 1.88 bits per heavy atom. The summed E-state index contributed by atoms with van der Waals surface area (Å²) in [5.41, 5.74) is 0.751. The molecule has 0 fully saturated rings. The first-order valence-corrected chi connectivity index (χ1v) is 8.54. The monoisotopic (exact) mass is 359 g/mol. The van der Waals surface area contributed by atoms with Gasteiger partial charge in [0.25, 0.3) is 0 Å². The van der Waals surface area contributed by atoms with E-state index < -0.39 is 5.63 Å². The van der Waals surface area contributed by atoms with Crippen LogP contribution in [-0.2, 0) is 4.79 Å². The van der Waals surface area contributed by atoms with Crippen molar-refractivity contribution in [1.82, 2.24) is 0 Å². The van der Waals surface area contributed by atoms with Crippen molar-refractivity contribution in [3.8, 4) is 0 Å². The minimum atomic E-state index is -0.396. The Morgan fingerprint density at radius 3 is 2.62 bits per heavy atom. The predicted molar refractivity (Wildman–Crippen MR) is 97.9 cm³/mol. The number of anilines is 1. The molecule has 0 spiro atoms. The zero-order valence-electron chi connectivity index (χ0n) is 12.8. The normalized spacial score (nSPS) is 12.1. The van der Waals surface area contributed by atoms with Crippen LogP contribution in [0.1, 0.15) is 6.92 Å². The fourth-order valence-electron chi connectivity index (χ4n) is 2.16. The highest BCUT2D eigenvalue weighted by Gasteiger charge is 2.15. The maximum atomic E-state index is 12.3. The third kappa shape index (κ3) is 3.99. The summed E-state index contributed by atoms with van der Waals surface area (Å²) >= 11 is 7.31. The van der Waals surface area contributed by atoms with Gasteiger partial charge in [-0.25, -0.2) is 4.79 Å². The highest BCUT2D eigenvalue weighted by molar-refractivity contribution is 8.00. The van der Waals surface area contributed by atoms with Crippen LogP contribution in [-0.4, -0.2) is 11.2 Å². The number of halogens is 1. The number of hydrogen-bond acceptors (Lipinski definition) is 4. The Morgan fingerprint density at radius 1 is 1.12 bits per heavy atom. The molecule has 0 bridgehead atoms. The van der Waals surface area contributed by atoms with Gasteiger partial charge in [0.2, 0.25) is 5.91 Å². The average Bonchev–Trinajstić information content (AvgIpc) is 2.57. The quantitative estimate of drug-likeness (QED) is 0.547. The van der Waals surface area contributed by atoms with E-state index in [1.54, 1.807) is 36.4 Å². The number of amides is 1. The summed E-state index contributed by atoms with van der Waals surface area (Å²) in [4.78, 5) is 24.5. The highest BCUT2D eigenvalue weighted by Crippen LogP contribution is 2.26. The van der Waals surface area contributed by atoms with Crippen LogP contribution >= 0.6 is 23.4 Å². The largest absolute Gasteiger partial charge is 0.423 e. The number of nitrogens with one attached hydrogen (secondary N) is 1. The maximum absolute atomic E-state index is 12.3. The van der Waals surface area contributed by atoms with Gasteiger partial charge in [-0.05, 0) is 55.5 Å². The number of benzene rings is 2. The molecule has 1 unspecified atom stereocenters. The van der Waals surface area contributed by atoms with E-state index in [1.165, 1.54) is 17.8 Å². The second-order valence-electron chi connectivity index (χ2n) is 5.21. The van der Waals surface area contributed by atoms with Crippen LogP contribution in [0.2, 0.25) is 5.02 Å². The molecule has 1 amide bonds. The van der Waals surface area contributed by atoms with Gasteiger partial charge in [-0.1, -0.05) is 11.6 Å². The molecular formula is C18H14ClNO3S. The molecule has 2 aromatic carbocycles. The Kier molecular flexibility index (Phi) is 4.92. The van der Waals surface area contributed by atoms with Crippen LogP contribution in [0.3, 0.4) is 0 Å². The molecule has 3 rings (SSSR count). The molecule has 0 aliphatic carbocycles. The molecule has 0 saturated carbocycles. The molecule has 24 heavy (non-hydrogen) atoms. The van der Waals surface area contributed by atoms with Crippen LogP contribution in [0.5, 0.6) is 0 Å². The minimum absolute atomic E-state index is 0.105. The first-order valence-electron chi connectivity index (χ1n) is 7.28. The zero-order valence-corrected chi connectivity index (χ0v) is 14.4. The lowest BCUT2D eigenvalue weighted by atomic mass is 10.2. The highest BCUT2D eigenvalue weighted by atomic mass is 35.5. The lowest BCUT2D eigenvalue weighted by molar-refractivity contribution is -0.115. The number of hydrogen-bond donors (Lipinski definition) is 1. The molecule has 0 saturated heterocycles. The first kappa shape index (κ1) is 16.6. The molecular weight excluding hydrogens is 346 g/mol. The third-order valence-electron chi connectivity index (χ3n) is 3.38. The van der Waals surface area contributed by atoms with Gasteiger partial charge in [0.1, 0.15) is 5.58 Å². The maximum Gasteiger partial charge on any atom is 0.336 e. The molecule has 4 nitrogen and oxygen atoms in total. The summed E-state index contributed by atoms with van der Waals surface area (Å²) in [7, 11) is 0. The van der Waals surface area contributed by atoms with Crippen LogP contribution in [0.15, 0.2) is 68.7 Å².